The van der Waals surface area contributed by atoms with Crippen LogP contribution in [0.2, 0.25) is 0 Å². The van der Waals surface area contributed by atoms with Crippen LogP contribution in [-0.2, 0) is 0 Å². The van der Waals surface area contributed by atoms with Crippen LogP contribution in [0.1, 0.15) is 29.1 Å². The number of nitrogens with zero attached hydrogens (tertiary/aromatic N) is 1. The SMILES string of the molecule is CCOc1ccc(C(=O)NC[C@@H](c2ccco2)N(C)C)cc1. The first-order chi connectivity index (χ1) is 10.6. The highest BCUT2D eigenvalue weighted by molar-refractivity contribution is 5.94. The van der Waals surface area contributed by atoms with Crippen LogP contribution in [0.3, 0.4) is 0 Å². The van der Waals surface area contributed by atoms with Crippen LogP contribution in [0.25, 0.3) is 0 Å². The largest absolute Gasteiger partial charge is 0.494 e. The zero-order chi connectivity index (χ0) is 15.9. The highest BCUT2D eigenvalue weighted by Crippen LogP contribution is 2.18. The second-order valence-corrected chi connectivity index (χ2v) is 5.16. The molecule has 1 aromatic carbocycles. The van der Waals surface area contributed by atoms with Crippen molar-refractivity contribution in [1.29, 1.82) is 0 Å². The highest BCUT2D eigenvalue weighted by Gasteiger charge is 2.18. The number of hydrogen-bond acceptors (Lipinski definition) is 4. The molecule has 1 heterocycles. The monoisotopic (exact) mass is 302 g/mol. The lowest BCUT2D eigenvalue weighted by Crippen LogP contribution is -2.34. The molecular formula is C17H22N2O3. The fourth-order valence-electron chi connectivity index (χ4n) is 2.18. The van der Waals surface area contributed by atoms with E-state index in [0.717, 1.165) is 11.5 Å². The van der Waals surface area contributed by atoms with Crippen molar-refractivity contribution in [3.63, 3.8) is 0 Å². The van der Waals surface area contributed by atoms with Gasteiger partial charge in [0, 0.05) is 12.1 Å². The topological polar surface area (TPSA) is 54.7 Å². The van der Waals surface area contributed by atoms with Gasteiger partial charge in [-0.05, 0) is 57.4 Å². The van der Waals surface area contributed by atoms with Gasteiger partial charge in [0.15, 0.2) is 0 Å². The molecule has 22 heavy (non-hydrogen) atoms. The summed E-state index contributed by atoms with van der Waals surface area (Å²) >= 11 is 0. The minimum absolute atomic E-state index is 0.00153. The number of ether oxygens (including phenoxy) is 1. The van der Waals surface area contributed by atoms with Gasteiger partial charge < -0.3 is 14.5 Å². The van der Waals surface area contributed by atoms with E-state index in [4.69, 9.17) is 9.15 Å². The van der Waals surface area contributed by atoms with Gasteiger partial charge in [0.25, 0.3) is 5.91 Å². The molecule has 1 aromatic heterocycles. The fourth-order valence-corrected chi connectivity index (χ4v) is 2.18. The molecule has 2 aromatic rings. The third-order valence-corrected chi connectivity index (χ3v) is 3.38. The molecule has 0 bridgehead atoms. The van der Waals surface area contributed by atoms with Gasteiger partial charge >= 0.3 is 0 Å². The van der Waals surface area contributed by atoms with Crippen molar-refractivity contribution in [1.82, 2.24) is 10.2 Å². The average molecular weight is 302 g/mol. The van der Waals surface area contributed by atoms with Crippen LogP contribution in [0, 0.1) is 0 Å². The summed E-state index contributed by atoms with van der Waals surface area (Å²) in [4.78, 5) is 14.2. The smallest absolute Gasteiger partial charge is 0.251 e. The zero-order valence-electron chi connectivity index (χ0n) is 13.2. The molecule has 0 aliphatic heterocycles. The van der Waals surface area contributed by atoms with E-state index in [1.54, 1.807) is 30.5 Å². The summed E-state index contributed by atoms with van der Waals surface area (Å²) in [5, 5.41) is 2.94. The maximum Gasteiger partial charge on any atom is 0.251 e. The van der Waals surface area contributed by atoms with E-state index in [2.05, 4.69) is 5.32 Å². The number of hydrogen-bond donors (Lipinski definition) is 1. The summed E-state index contributed by atoms with van der Waals surface area (Å²) in [6, 6.07) is 10.9. The number of likely N-dealkylation sites (N-methyl/N-ethyl adjacent to an activating group) is 1. The molecule has 118 valence electrons. The van der Waals surface area contributed by atoms with Gasteiger partial charge in [-0.25, -0.2) is 0 Å². The van der Waals surface area contributed by atoms with Crippen LogP contribution in [0.4, 0.5) is 0 Å². The molecule has 0 unspecified atom stereocenters. The molecule has 1 N–H and O–H groups in total. The van der Waals surface area contributed by atoms with Gasteiger partial charge in [0.05, 0.1) is 18.9 Å². The summed E-state index contributed by atoms with van der Waals surface area (Å²) in [5.74, 6) is 1.49. The Balaban J connectivity index is 1.96. The maximum absolute atomic E-state index is 12.2. The maximum atomic E-state index is 12.2. The lowest BCUT2D eigenvalue weighted by atomic mass is 10.1. The van der Waals surface area contributed by atoms with Crippen molar-refractivity contribution in [2.75, 3.05) is 27.2 Å². The van der Waals surface area contributed by atoms with Crippen molar-refractivity contribution in [2.45, 2.75) is 13.0 Å². The van der Waals surface area contributed by atoms with E-state index in [9.17, 15) is 4.79 Å². The quantitative estimate of drug-likeness (QED) is 0.854. The van der Waals surface area contributed by atoms with Gasteiger partial charge in [-0.3, -0.25) is 9.69 Å². The number of amides is 1. The number of carbonyl (C=O) groups excluding carboxylic acids is 1. The van der Waals surface area contributed by atoms with Crippen molar-refractivity contribution in [2.24, 2.45) is 0 Å². The van der Waals surface area contributed by atoms with Gasteiger partial charge in [-0.2, -0.15) is 0 Å². The Morgan fingerprint density at radius 1 is 1.27 bits per heavy atom. The third kappa shape index (κ3) is 4.11. The molecule has 5 nitrogen and oxygen atoms in total. The van der Waals surface area contributed by atoms with Crippen LogP contribution < -0.4 is 10.1 Å². The van der Waals surface area contributed by atoms with Crippen molar-refractivity contribution < 1.29 is 13.9 Å². The Bertz CT molecular complexity index is 576. The normalized spacial score (nSPS) is 12.2. The Kier molecular flexibility index (Phi) is 5.61. The number of rotatable bonds is 7. The predicted molar refractivity (Wildman–Crippen MR) is 85.1 cm³/mol. The standard InChI is InChI=1S/C17H22N2O3/c1-4-21-14-9-7-13(8-10-14)17(20)18-12-15(19(2)3)16-6-5-11-22-16/h5-11,15H,4,12H2,1-3H3,(H,18,20)/t15-/m0/s1. The summed E-state index contributed by atoms with van der Waals surface area (Å²) in [6.45, 7) is 3.02. The Labute approximate surface area is 130 Å². The summed E-state index contributed by atoms with van der Waals surface area (Å²) in [7, 11) is 3.91. The number of furan rings is 1. The average Bonchev–Trinajstić information content (AvgIpc) is 3.02. The van der Waals surface area contributed by atoms with Crippen molar-refractivity contribution >= 4 is 5.91 Å². The fraction of sp³-hybridized carbons (Fsp3) is 0.353. The summed E-state index contributed by atoms with van der Waals surface area (Å²) in [5.41, 5.74) is 0.611. The molecule has 0 radical (unpaired) electrons. The molecule has 0 saturated heterocycles. The van der Waals surface area contributed by atoms with Crippen LogP contribution in [0.5, 0.6) is 5.75 Å². The number of carbonyl (C=O) groups is 1. The Morgan fingerprint density at radius 2 is 2.00 bits per heavy atom. The lowest BCUT2D eigenvalue weighted by molar-refractivity contribution is 0.0939. The van der Waals surface area contributed by atoms with Gasteiger partial charge in [-0.1, -0.05) is 0 Å². The molecule has 0 spiro atoms. The molecule has 0 aliphatic carbocycles. The third-order valence-electron chi connectivity index (χ3n) is 3.38. The van der Waals surface area contributed by atoms with E-state index >= 15 is 0 Å². The van der Waals surface area contributed by atoms with Crippen LogP contribution in [0.15, 0.2) is 47.1 Å². The Morgan fingerprint density at radius 3 is 2.55 bits per heavy atom. The molecule has 0 saturated carbocycles. The molecule has 1 atom stereocenters. The van der Waals surface area contributed by atoms with Crippen LogP contribution in [-0.4, -0.2) is 38.1 Å². The second kappa shape index (κ2) is 7.66. The number of nitrogens with one attached hydrogen (secondary N) is 1. The first kappa shape index (κ1) is 16.1. The van der Waals surface area contributed by atoms with Gasteiger partial charge in [0.1, 0.15) is 11.5 Å². The second-order valence-electron chi connectivity index (χ2n) is 5.16. The van der Waals surface area contributed by atoms with E-state index in [1.165, 1.54) is 0 Å². The zero-order valence-corrected chi connectivity index (χ0v) is 13.2. The van der Waals surface area contributed by atoms with E-state index in [0.29, 0.717) is 18.7 Å². The molecule has 5 heteroatoms. The van der Waals surface area contributed by atoms with E-state index in [-0.39, 0.29) is 11.9 Å². The predicted octanol–water partition coefficient (Wildman–Crippen LogP) is 2.71. The minimum atomic E-state index is -0.110. The van der Waals surface area contributed by atoms with Crippen molar-refractivity contribution in [3.8, 4) is 5.75 Å². The Hall–Kier alpha value is -2.27. The molecule has 0 fully saturated rings. The molecule has 1 amide bonds. The first-order valence-corrected chi connectivity index (χ1v) is 7.32. The number of benzene rings is 1. The van der Waals surface area contributed by atoms with Gasteiger partial charge in [0.2, 0.25) is 0 Å². The first-order valence-electron chi connectivity index (χ1n) is 7.32. The molecule has 0 aliphatic rings. The van der Waals surface area contributed by atoms with E-state index < -0.39 is 0 Å². The summed E-state index contributed by atoms with van der Waals surface area (Å²) < 4.78 is 10.8. The van der Waals surface area contributed by atoms with Crippen LogP contribution >= 0.6 is 0 Å². The van der Waals surface area contributed by atoms with Gasteiger partial charge in [-0.15, -0.1) is 0 Å². The van der Waals surface area contributed by atoms with Crippen molar-refractivity contribution in [3.05, 3.63) is 54.0 Å². The summed E-state index contributed by atoms with van der Waals surface area (Å²) in [6.07, 6.45) is 1.64. The highest BCUT2D eigenvalue weighted by atomic mass is 16.5. The van der Waals surface area contributed by atoms with E-state index in [1.807, 2.05) is 38.1 Å². The molecular weight excluding hydrogens is 280 g/mol. The minimum Gasteiger partial charge on any atom is -0.494 e. The molecule has 2 rings (SSSR count). The lowest BCUT2D eigenvalue weighted by Gasteiger charge is -2.22.